The summed E-state index contributed by atoms with van der Waals surface area (Å²) in [7, 11) is 0. The van der Waals surface area contributed by atoms with Crippen LogP contribution in [0.4, 0.5) is 18.9 Å². The highest BCUT2D eigenvalue weighted by atomic mass is 19.4. The fourth-order valence-corrected chi connectivity index (χ4v) is 4.98. The number of halogens is 3. The maximum Gasteiger partial charge on any atom is 0.416 e. The lowest BCUT2D eigenvalue weighted by Crippen LogP contribution is -3.16. The van der Waals surface area contributed by atoms with Gasteiger partial charge in [-0.1, -0.05) is 25.3 Å². The van der Waals surface area contributed by atoms with Crippen LogP contribution in [0.5, 0.6) is 0 Å². The maximum atomic E-state index is 13.0. The minimum absolute atomic E-state index is 0.00462. The van der Waals surface area contributed by atoms with Crippen molar-refractivity contribution < 1.29 is 27.7 Å². The van der Waals surface area contributed by atoms with Crippen molar-refractivity contribution in [2.24, 2.45) is 5.41 Å². The molecule has 1 aromatic rings. The average Bonchev–Trinajstić information content (AvgIpc) is 2.92. The second-order valence-corrected chi connectivity index (χ2v) is 8.59. The second kappa shape index (κ2) is 7.63. The van der Waals surface area contributed by atoms with Gasteiger partial charge in [0.05, 0.1) is 37.2 Å². The molecule has 2 amide bonds. The number of carbonyl (C=O) groups excluding carboxylic acids is 2. The molecule has 5 nitrogen and oxygen atoms in total. The van der Waals surface area contributed by atoms with Gasteiger partial charge in [0.1, 0.15) is 0 Å². The quantitative estimate of drug-likeness (QED) is 0.777. The minimum atomic E-state index is -4.35. The van der Waals surface area contributed by atoms with Gasteiger partial charge in [0, 0.05) is 12.1 Å². The molecule has 3 fully saturated rings. The number of piperazine rings is 1. The first-order valence-electron chi connectivity index (χ1n) is 10.4. The van der Waals surface area contributed by atoms with Gasteiger partial charge in [-0.25, -0.2) is 4.90 Å². The van der Waals surface area contributed by atoms with E-state index in [0.29, 0.717) is 45.0 Å². The SMILES string of the molecule is O=C1CC2(CCCCC2)C(=O)N1C[NH+]1CCN(c2cccc(C(F)(F)F)c2)CC1. The number of carbonyl (C=O) groups is 2. The fraction of sp³-hybridized carbons (Fsp3) is 0.619. The second-order valence-electron chi connectivity index (χ2n) is 8.59. The van der Waals surface area contributed by atoms with Crippen LogP contribution in [0, 0.1) is 5.41 Å². The molecule has 158 valence electrons. The Morgan fingerprint density at radius 2 is 1.72 bits per heavy atom. The van der Waals surface area contributed by atoms with E-state index < -0.39 is 17.2 Å². The van der Waals surface area contributed by atoms with Gasteiger partial charge in [-0.2, -0.15) is 13.2 Å². The highest BCUT2D eigenvalue weighted by molar-refractivity contribution is 6.05. The van der Waals surface area contributed by atoms with E-state index in [4.69, 9.17) is 0 Å². The number of alkyl halides is 3. The first-order chi connectivity index (χ1) is 13.8. The van der Waals surface area contributed by atoms with Crippen molar-refractivity contribution in [1.82, 2.24) is 4.90 Å². The van der Waals surface area contributed by atoms with Crippen LogP contribution in [0.2, 0.25) is 0 Å². The summed E-state index contributed by atoms with van der Waals surface area (Å²) in [6.45, 7) is 2.92. The summed E-state index contributed by atoms with van der Waals surface area (Å²) in [5, 5.41) is 0. The van der Waals surface area contributed by atoms with Crippen LogP contribution in [0.1, 0.15) is 44.1 Å². The molecule has 4 rings (SSSR count). The van der Waals surface area contributed by atoms with Crippen LogP contribution < -0.4 is 9.80 Å². The summed E-state index contributed by atoms with van der Waals surface area (Å²) < 4.78 is 38.9. The van der Waals surface area contributed by atoms with Crippen LogP contribution in [0.25, 0.3) is 0 Å². The predicted molar refractivity (Wildman–Crippen MR) is 101 cm³/mol. The van der Waals surface area contributed by atoms with Gasteiger partial charge in [0.25, 0.3) is 0 Å². The van der Waals surface area contributed by atoms with E-state index in [1.807, 2.05) is 4.90 Å². The molecule has 1 aromatic carbocycles. The lowest BCUT2D eigenvalue weighted by Gasteiger charge is -2.35. The van der Waals surface area contributed by atoms with E-state index in [-0.39, 0.29) is 11.8 Å². The zero-order valence-electron chi connectivity index (χ0n) is 16.4. The van der Waals surface area contributed by atoms with E-state index in [0.717, 1.165) is 43.1 Å². The fourth-order valence-electron chi connectivity index (χ4n) is 4.98. The molecule has 2 aliphatic heterocycles. The third kappa shape index (κ3) is 3.99. The molecular formula is C21H27F3N3O2+. The number of rotatable bonds is 3. The molecule has 2 saturated heterocycles. The Labute approximate surface area is 168 Å². The topological polar surface area (TPSA) is 45.1 Å². The average molecular weight is 410 g/mol. The van der Waals surface area contributed by atoms with Crippen molar-refractivity contribution in [1.29, 1.82) is 0 Å². The van der Waals surface area contributed by atoms with Crippen LogP contribution >= 0.6 is 0 Å². The summed E-state index contributed by atoms with van der Waals surface area (Å²) >= 11 is 0. The molecule has 0 atom stereocenters. The molecule has 0 unspecified atom stereocenters. The maximum absolute atomic E-state index is 13.0. The van der Waals surface area contributed by atoms with Gasteiger partial charge in [-0.3, -0.25) is 9.59 Å². The summed E-state index contributed by atoms with van der Waals surface area (Å²) in [6.07, 6.45) is 0.764. The number of amides is 2. The van der Waals surface area contributed by atoms with Crippen molar-refractivity contribution >= 4 is 17.5 Å². The molecular weight excluding hydrogens is 383 g/mol. The van der Waals surface area contributed by atoms with Gasteiger partial charge < -0.3 is 9.80 Å². The summed E-state index contributed by atoms with van der Waals surface area (Å²) in [4.78, 5) is 30.0. The number of hydrogen-bond acceptors (Lipinski definition) is 3. The number of nitrogens with zero attached hydrogens (tertiary/aromatic N) is 2. The van der Waals surface area contributed by atoms with E-state index >= 15 is 0 Å². The summed E-state index contributed by atoms with van der Waals surface area (Å²) in [5.41, 5.74) is -0.543. The van der Waals surface area contributed by atoms with Crippen molar-refractivity contribution in [2.75, 3.05) is 37.7 Å². The number of hydrogen-bond donors (Lipinski definition) is 1. The van der Waals surface area contributed by atoms with Gasteiger partial charge in [0.2, 0.25) is 11.8 Å². The normalized spacial score (nSPS) is 23.3. The zero-order valence-corrected chi connectivity index (χ0v) is 16.4. The number of likely N-dealkylation sites (tertiary alicyclic amines) is 1. The lowest BCUT2D eigenvalue weighted by molar-refractivity contribution is -0.908. The van der Waals surface area contributed by atoms with E-state index in [1.54, 1.807) is 6.07 Å². The highest BCUT2D eigenvalue weighted by Crippen LogP contribution is 2.44. The summed E-state index contributed by atoms with van der Waals surface area (Å²) in [6, 6.07) is 5.39. The predicted octanol–water partition coefficient (Wildman–Crippen LogP) is 2.08. The molecule has 0 bridgehead atoms. The Hall–Kier alpha value is -2.09. The van der Waals surface area contributed by atoms with Crippen LogP contribution in [-0.2, 0) is 15.8 Å². The molecule has 2 heterocycles. The third-order valence-electron chi connectivity index (χ3n) is 6.69. The molecule has 1 spiro atoms. The Kier molecular flexibility index (Phi) is 5.31. The van der Waals surface area contributed by atoms with Gasteiger partial charge in [0.15, 0.2) is 6.67 Å². The Morgan fingerprint density at radius 1 is 1.03 bits per heavy atom. The van der Waals surface area contributed by atoms with Crippen LogP contribution in [-0.4, -0.2) is 49.6 Å². The van der Waals surface area contributed by atoms with Crippen LogP contribution in [0.3, 0.4) is 0 Å². The van der Waals surface area contributed by atoms with E-state index in [1.165, 1.54) is 17.0 Å². The van der Waals surface area contributed by atoms with Crippen LogP contribution in [0.15, 0.2) is 24.3 Å². The first kappa shape index (κ1) is 20.2. The van der Waals surface area contributed by atoms with Crippen molar-refractivity contribution in [3.05, 3.63) is 29.8 Å². The monoisotopic (exact) mass is 410 g/mol. The molecule has 8 heteroatoms. The molecule has 1 aliphatic carbocycles. The number of imide groups is 1. The minimum Gasteiger partial charge on any atom is -0.360 e. The first-order valence-corrected chi connectivity index (χ1v) is 10.4. The molecule has 0 radical (unpaired) electrons. The standard InChI is InChI=1S/C21H26F3N3O2/c22-21(23,24)16-5-4-6-17(13-16)26-11-9-25(10-12-26)15-27-18(28)14-20(19(27)29)7-2-1-3-8-20/h4-6,13H,1-3,7-12,14-15H2/p+1. The zero-order chi connectivity index (χ0) is 20.6. The highest BCUT2D eigenvalue weighted by Gasteiger charge is 2.52. The molecule has 1 N–H and O–H groups in total. The van der Waals surface area contributed by atoms with Gasteiger partial charge >= 0.3 is 6.18 Å². The Bertz CT molecular complexity index is 782. The number of quaternary nitrogens is 1. The molecule has 0 aromatic heterocycles. The number of benzene rings is 1. The molecule has 3 aliphatic rings. The van der Waals surface area contributed by atoms with E-state index in [2.05, 4.69) is 0 Å². The van der Waals surface area contributed by atoms with Gasteiger partial charge in [-0.15, -0.1) is 0 Å². The summed E-state index contributed by atoms with van der Waals surface area (Å²) in [5.74, 6) is -0.0697. The van der Waals surface area contributed by atoms with Crippen molar-refractivity contribution in [3.63, 3.8) is 0 Å². The third-order valence-corrected chi connectivity index (χ3v) is 6.69. The number of nitrogens with one attached hydrogen (secondary N) is 1. The largest absolute Gasteiger partial charge is 0.416 e. The lowest BCUT2D eigenvalue weighted by atomic mass is 9.73. The van der Waals surface area contributed by atoms with Crippen molar-refractivity contribution in [2.45, 2.75) is 44.7 Å². The number of anilines is 1. The Balaban J connectivity index is 1.36. The molecule has 29 heavy (non-hydrogen) atoms. The van der Waals surface area contributed by atoms with Gasteiger partial charge in [-0.05, 0) is 31.0 Å². The van der Waals surface area contributed by atoms with E-state index in [9.17, 15) is 22.8 Å². The Morgan fingerprint density at radius 3 is 2.38 bits per heavy atom. The smallest absolute Gasteiger partial charge is 0.360 e. The molecule has 1 saturated carbocycles. The van der Waals surface area contributed by atoms with Crippen molar-refractivity contribution in [3.8, 4) is 0 Å².